The van der Waals surface area contributed by atoms with Crippen LogP contribution in [0.5, 0.6) is 0 Å². The molecule has 134 valence electrons. The number of carbonyl (C=O) groups is 1. The topological polar surface area (TPSA) is 46.1 Å². The summed E-state index contributed by atoms with van der Waals surface area (Å²) >= 11 is 1.30. The second-order valence-electron chi connectivity index (χ2n) is 6.05. The van der Waals surface area contributed by atoms with E-state index in [1.165, 1.54) is 17.4 Å². The Balaban J connectivity index is 1.70. The maximum absolute atomic E-state index is 14.1. The smallest absolute Gasteiger partial charge is 0.233 e. The lowest BCUT2D eigenvalue weighted by Crippen LogP contribution is -2.32. The van der Waals surface area contributed by atoms with Gasteiger partial charge < -0.3 is 0 Å². The number of pyridine rings is 1. The van der Waals surface area contributed by atoms with Gasteiger partial charge in [0.2, 0.25) is 5.91 Å². The highest BCUT2D eigenvalue weighted by Gasteiger charge is 2.21. The van der Waals surface area contributed by atoms with Gasteiger partial charge >= 0.3 is 0 Å². The van der Waals surface area contributed by atoms with Crippen molar-refractivity contribution < 1.29 is 9.18 Å². The summed E-state index contributed by atoms with van der Waals surface area (Å²) in [6, 6.07) is 19.9. The number of halogens is 1. The highest BCUT2D eigenvalue weighted by molar-refractivity contribution is 7.22. The van der Waals surface area contributed by atoms with Crippen molar-refractivity contribution in [3.8, 4) is 0 Å². The molecule has 0 aliphatic heterocycles. The number of thiazole rings is 1. The Morgan fingerprint density at radius 3 is 2.56 bits per heavy atom. The third kappa shape index (κ3) is 3.85. The number of hydrogen-bond donors (Lipinski definition) is 0. The molecule has 27 heavy (non-hydrogen) atoms. The molecule has 2 heterocycles. The van der Waals surface area contributed by atoms with E-state index in [0.29, 0.717) is 9.83 Å². The third-order valence-electron chi connectivity index (χ3n) is 4.13. The molecule has 2 aromatic carbocycles. The first-order chi connectivity index (χ1) is 13.2. The van der Waals surface area contributed by atoms with Gasteiger partial charge in [0.1, 0.15) is 11.3 Å². The van der Waals surface area contributed by atoms with Gasteiger partial charge in [0, 0.05) is 6.20 Å². The Labute approximate surface area is 159 Å². The molecule has 4 nitrogen and oxygen atoms in total. The average Bonchev–Trinajstić information content (AvgIpc) is 3.13. The standard InChI is InChI=1S/C21H16FN3OS/c22-17-10-6-11-18-20(17)24-21(27-18)25(14-16-9-4-5-12-23-16)19(26)13-15-7-2-1-3-8-15/h1-12H,13-14H2. The van der Waals surface area contributed by atoms with Gasteiger partial charge in [-0.05, 0) is 29.8 Å². The van der Waals surface area contributed by atoms with E-state index in [1.807, 2.05) is 48.5 Å². The van der Waals surface area contributed by atoms with Crippen LogP contribution in [0.25, 0.3) is 10.2 Å². The van der Waals surface area contributed by atoms with Crippen LogP contribution in [-0.2, 0) is 17.8 Å². The lowest BCUT2D eigenvalue weighted by molar-refractivity contribution is -0.118. The van der Waals surface area contributed by atoms with E-state index in [4.69, 9.17) is 0 Å². The zero-order chi connectivity index (χ0) is 18.6. The fourth-order valence-corrected chi connectivity index (χ4v) is 3.80. The molecule has 0 N–H and O–H groups in total. The predicted octanol–water partition coefficient (Wildman–Crippen LogP) is 4.61. The van der Waals surface area contributed by atoms with Crippen LogP contribution in [0.4, 0.5) is 9.52 Å². The Morgan fingerprint density at radius 2 is 1.81 bits per heavy atom. The van der Waals surface area contributed by atoms with Crippen LogP contribution in [0, 0.1) is 5.82 Å². The molecule has 6 heteroatoms. The summed E-state index contributed by atoms with van der Waals surface area (Å²) in [5.41, 5.74) is 1.95. The summed E-state index contributed by atoms with van der Waals surface area (Å²) in [6.07, 6.45) is 1.93. The lowest BCUT2D eigenvalue weighted by Gasteiger charge is -2.19. The number of hydrogen-bond acceptors (Lipinski definition) is 4. The van der Waals surface area contributed by atoms with Crippen LogP contribution in [0.15, 0.2) is 72.9 Å². The second kappa shape index (κ2) is 7.63. The van der Waals surface area contributed by atoms with E-state index in [-0.39, 0.29) is 30.2 Å². The molecule has 0 radical (unpaired) electrons. The monoisotopic (exact) mass is 377 g/mol. The Bertz CT molecular complexity index is 1070. The molecule has 0 bridgehead atoms. The van der Waals surface area contributed by atoms with Crippen LogP contribution < -0.4 is 4.90 Å². The van der Waals surface area contributed by atoms with E-state index >= 15 is 0 Å². The molecular weight excluding hydrogens is 361 g/mol. The zero-order valence-electron chi connectivity index (χ0n) is 14.4. The molecule has 0 fully saturated rings. The maximum Gasteiger partial charge on any atom is 0.233 e. The van der Waals surface area contributed by atoms with E-state index in [1.54, 1.807) is 23.2 Å². The van der Waals surface area contributed by atoms with Crippen molar-refractivity contribution >= 4 is 32.6 Å². The van der Waals surface area contributed by atoms with Crippen LogP contribution in [0.1, 0.15) is 11.3 Å². The van der Waals surface area contributed by atoms with Crippen LogP contribution in [0.2, 0.25) is 0 Å². The summed E-state index contributed by atoms with van der Waals surface area (Å²) < 4.78 is 14.8. The number of para-hydroxylation sites is 1. The number of rotatable bonds is 5. The number of amides is 1. The predicted molar refractivity (Wildman–Crippen MR) is 105 cm³/mol. The molecule has 0 spiro atoms. The van der Waals surface area contributed by atoms with Gasteiger partial charge in [0.15, 0.2) is 5.13 Å². The second-order valence-corrected chi connectivity index (χ2v) is 7.06. The van der Waals surface area contributed by atoms with Gasteiger partial charge in [0.05, 0.1) is 23.4 Å². The Kier molecular flexibility index (Phi) is 4.89. The molecule has 2 aromatic heterocycles. The van der Waals surface area contributed by atoms with Crippen molar-refractivity contribution in [2.24, 2.45) is 0 Å². The lowest BCUT2D eigenvalue weighted by atomic mass is 10.1. The van der Waals surface area contributed by atoms with Crippen LogP contribution >= 0.6 is 11.3 Å². The first-order valence-corrected chi connectivity index (χ1v) is 9.31. The number of nitrogens with zero attached hydrogens (tertiary/aromatic N) is 3. The van der Waals surface area contributed by atoms with Crippen molar-refractivity contribution in [1.82, 2.24) is 9.97 Å². The number of anilines is 1. The quantitative estimate of drug-likeness (QED) is 0.510. The van der Waals surface area contributed by atoms with Crippen molar-refractivity contribution in [2.45, 2.75) is 13.0 Å². The van der Waals surface area contributed by atoms with Crippen molar-refractivity contribution in [3.05, 3.63) is 90.0 Å². The minimum absolute atomic E-state index is 0.105. The number of carbonyl (C=O) groups excluding carboxylic acids is 1. The minimum Gasteiger partial charge on any atom is -0.282 e. The first kappa shape index (κ1) is 17.3. The van der Waals surface area contributed by atoms with Gasteiger partial charge in [-0.2, -0.15) is 0 Å². The van der Waals surface area contributed by atoms with Gasteiger partial charge in [-0.3, -0.25) is 14.7 Å². The van der Waals surface area contributed by atoms with Crippen molar-refractivity contribution in [1.29, 1.82) is 0 Å². The molecule has 0 aliphatic rings. The summed E-state index contributed by atoms with van der Waals surface area (Å²) in [4.78, 5) is 23.3. The Hall–Kier alpha value is -3.12. The molecule has 4 rings (SSSR count). The highest BCUT2D eigenvalue weighted by Crippen LogP contribution is 2.31. The number of benzene rings is 2. The Morgan fingerprint density at radius 1 is 1.00 bits per heavy atom. The molecule has 0 unspecified atom stereocenters. The fourth-order valence-electron chi connectivity index (χ4n) is 2.80. The van der Waals surface area contributed by atoms with Gasteiger partial charge in [-0.1, -0.05) is 53.8 Å². The van der Waals surface area contributed by atoms with E-state index in [2.05, 4.69) is 9.97 Å². The van der Waals surface area contributed by atoms with Gasteiger partial charge in [-0.15, -0.1) is 0 Å². The molecule has 0 atom stereocenters. The molecule has 0 saturated carbocycles. The van der Waals surface area contributed by atoms with Crippen LogP contribution in [0.3, 0.4) is 0 Å². The van der Waals surface area contributed by atoms with E-state index in [0.717, 1.165) is 11.3 Å². The summed E-state index contributed by atoms with van der Waals surface area (Å²) in [5.74, 6) is -0.491. The van der Waals surface area contributed by atoms with Crippen LogP contribution in [-0.4, -0.2) is 15.9 Å². The van der Waals surface area contributed by atoms with Crippen molar-refractivity contribution in [3.63, 3.8) is 0 Å². The largest absolute Gasteiger partial charge is 0.282 e. The van der Waals surface area contributed by atoms with Gasteiger partial charge in [-0.25, -0.2) is 9.37 Å². The third-order valence-corrected chi connectivity index (χ3v) is 5.18. The summed E-state index contributed by atoms with van der Waals surface area (Å²) in [7, 11) is 0. The minimum atomic E-state index is -0.386. The zero-order valence-corrected chi connectivity index (χ0v) is 15.2. The van der Waals surface area contributed by atoms with E-state index in [9.17, 15) is 9.18 Å². The van der Waals surface area contributed by atoms with Crippen molar-refractivity contribution in [2.75, 3.05) is 4.90 Å². The maximum atomic E-state index is 14.1. The summed E-state index contributed by atoms with van der Waals surface area (Å²) in [6.45, 7) is 0.286. The number of fused-ring (bicyclic) bond motifs is 1. The molecule has 0 aliphatic carbocycles. The molecule has 1 amide bonds. The highest BCUT2D eigenvalue weighted by atomic mass is 32.1. The number of aromatic nitrogens is 2. The fraction of sp³-hybridized carbons (Fsp3) is 0.0952. The average molecular weight is 377 g/mol. The van der Waals surface area contributed by atoms with Gasteiger partial charge in [0.25, 0.3) is 0 Å². The summed E-state index contributed by atoms with van der Waals surface area (Å²) in [5, 5.41) is 0.474. The first-order valence-electron chi connectivity index (χ1n) is 8.50. The normalized spacial score (nSPS) is 10.9. The SMILES string of the molecule is O=C(Cc1ccccc1)N(Cc1ccccn1)c1nc2c(F)cccc2s1. The molecular formula is C21H16FN3OS. The molecule has 4 aromatic rings. The molecule has 0 saturated heterocycles. The van der Waals surface area contributed by atoms with E-state index < -0.39 is 0 Å².